The third-order valence-electron chi connectivity index (χ3n) is 2.79. The lowest BCUT2D eigenvalue weighted by Crippen LogP contribution is -1.87. The molecular weight excluding hydrogens is 212 g/mol. The van der Waals surface area contributed by atoms with E-state index in [1.807, 2.05) is 6.07 Å². The Morgan fingerprint density at radius 2 is 1.44 bits per heavy atom. The highest BCUT2D eigenvalue weighted by molar-refractivity contribution is 7.80. The van der Waals surface area contributed by atoms with Crippen LogP contribution in [0.25, 0.3) is 11.1 Å². The van der Waals surface area contributed by atoms with Gasteiger partial charge in [-0.1, -0.05) is 61.5 Å². The van der Waals surface area contributed by atoms with Crippen molar-refractivity contribution in [2.24, 2.45) is 0 Å². The van der Waals surface area contributed by atoms with Crippen LogP contribution in [-0.4, -0.2) is 0 Å². The second kappa shape index (κ2) is 5.22. The van der Waals surface area contributed by atoms with Crippen molar-refractivity contribution in [2.75, 3.05) is 0 Å². The van der Waals surface area contributed by atoms with Crippen LogP contribution in [0.2, 0.25) is 0 Å². The molecule has 0 nitrogen and oxygen atoms in total. The largest absolute Gasteiger partial charge is 0.171 e. The quantitative estimate of drug-likeness (QED) is 0.721. The molecule has 2 aromatic carbocycles. The van der Waals surface area contributed by atoms with E-state index in [1.165, 1.54) is 16.7 Å². The van der Waals surface area contributed by atoms with Crippen LogP contribution in [0.1, 0.15) is 24.2 Å². The van der Waals surface area contributed by atoms with Gasteiger partial charge in [0.05, 0.1) is 0 Å². The highest BCUT2D eigenvalue weighted by Gasteiger charge is 2.03. The number of hydrogen-bond acceptors (Lipinski definition) is 1. The molecule has 0 saturated heterocycles. The Morgan fingerprint density at radius 1 is 0.875 bits per heavy atom. The lowest BCUT2D eigenvalue weighted by Gasteiger charge is -2.09. The summed E-state index contributed by atoms with van der Waals surface area (Å²) in [5.74, 6) is 0. The molecule has 1 atom stereocenters. The second-order valence-electron chi connectivity index (χ2n) is 3.91. The van der Waals surface area contributed by atoms with Crippen molar-refractivity contribution >= 4 is 12.6 Å². The van der Waals surface area contributed by atoms with E-state index >= 15 is 0 Å². The number of hydrogen-bond donors (Lipinski definition) is 1. The molecule has 0 aliphatic rings. The molecule has 0 aliphatic carbocycles. The van der Waals surface area contributed by atoms with E-state index in [2.05, 4.69) is 68.1 Å². The minimum Gasteiger partial charge on any atom is -0.171 e. The summed E-state index contributed by atoms with van der Waals surface area (Å²) in [5.41, 5.74) is 3.83. The van der Waals surface area contributed by atoms with E-state index in [4.69, 9.17) is 0 Å². The Labute approximate surface area is 103 Å². The predicted molar refractivity (Wildman–Crippen MR) is 73.9 cm³/mol. The summed E-state index contributed by atoms with van der Waals surface area (Å²) >= 11 is 4.54. The van der Waals surface area contributed by atoms with Crippen molar-refractivity contribution in [3.8, 4) is 11.1 Å². The molecule has 0 aliphatic heterocycles. The van der Waals surface area contributed by atoms with E-state index in [0.717, 1.165) is 6.42 Å². The molecule has 0 aromatic heterocycles. The van der Waals surface area contributed by atoms with E-state index in [0.29, 0.717) is 5.25 Å². The van der Waals surface area contributed by atoms with Crippen LogP contribution in [0, 0.1) is 0 Å². The minimum atomic E-state index is 0.352. The normalized spacial score (nSPS) is 12.4. The maximum absolute atomic E-state index is 4.54. The van der Waals surface area contributed by atoms with E-state index < -0.39 is 0 Å². The van der Waals surface area contributed by atoms with Gasteiger partial charge in [0.1, 0.15) is 0 Å². The van der Waals surface area contributed by atoms with Crippen molar-refractivity contribution in [3.05, 3.63) is 60.2 Å². The smallest absolute Gasteiger partial charge is 0.0264 e. The third kappa shape index (κ3) is 2.48. The van der Waals surface area contributed by atoms with Crippen molar-refractivity contribution < 1.29 is 0 Å². The molecule has 1 heteroatoms. The molecular formula is C15H16S. The first-order valence-electron chi connectivity index (χ1n) is 5.64. The fraction of sp³-hybridized carbons (Fsp3) is 0.200. The van der Waals surface area contributed by atoms with Gasteiger partial charge < -0.3 is 0 Å². The van der Waals surface area contributed by atoms with Crippen molar-refractivity contribution in [1.29, 1.82) is 0 Å². The highest BCUT2D eigenvalue weighted by atomic mass is 32.1. The first-order chi connectivity index (χ1) is 7.81. The molecule has 0 fully saturated rings. The van der Waals surface area contributed by atoms with Crippen molar-refractivity contribution in [2.45, 2.75) is 18.6 Å². The van der Waals surface area contributed by atoms with Gasteiger partial charge in [0.2, 0.25) is 0 Å². The molecule has 0 bridgehead atoms. The van der Waals surface area contributed by atoms with Gasteiger partial charge in [-0.15, -0.1) is 0 Å². The molecule has 0 N–H and O–H groups in total. The van der Waals surface area contributed by atoms with Crippen molar-refractivity contribution in [1.82, 2.24) is 0 Å². The maximum Gasteiger partial charge on any atom is 0.0264 e. The Balaban J connectivity index is 2.26. The van der Waals surface area contributed by atoms with Gasteiger partial charge >= 0.3 is 0 Å². The zero-order valence-electron chi connectivity index (χ0n) is 9.43. The zero-order valence-corrected chi connectivity index (χ0v) is 10.3. The summed E-state index contributed by atoms with van der Waals surface area (Å²) in [6.45, 7) is 2.16. The van der Waals surface area contributed by atoms with Gasteiger partial charge in [0.25, 0.3) is 0 Å². The number of thiol groups is 1. The van der Waals surface area contributed by atoms with Gasteiger partial charge in [0.15, 0.2) is 0 Å². The molecule has 2 rings (SSSR count). The highest BCUT2D eigenvalue weighted by Crippen LogP contribution is 2.26. The fourth-order valence-corrected chi connectivity index (χ4v) is 1.94. The van der Waals surface area contributed by atoms with Crippen LogP contribution in [0.15, 0.2) is 54.6 Å². The first-order valence-corrected chi connectivity index (χ1v) is 6.16. The SMILES string of the molecule is CCC(S)c1ccc(-c2ccccc2)cc1. The molecule has 0 amide bonds. The third-order valence-corrected chi connectivity index (χ3v) is 3.45. The summed E-state index contributed by atoms with van der Waals surface area (Å²) < 4.78 is 0. The lowest BCUT2D eigenvalue weighted by atomic mass is 10.0. The Morgan fingerprint density at radius 3 is 2.00 bits per heavy atom. The van der Waals surface area contributed by atoms with Gasteiger partial charge in [0, 0.05) is 5.25 Å². The molecule has 0 saturated carbocycles. The van der Waals surface area contributed by atoms with Gasteiger partial charge in [-0.3, -0.25) is 0 Å². The second-order valence-corrected chi connectivity index (χ2v) is 4.54. The summed E-state index contributed by atoms with van der Waals surface area (Å²) in [5, 5.41) is 0.352. The molecule has 0 heterocycles. The van der Waals surface area contributed by atoms with Crippen LogP contribution in [0.5, 0.6) is 0 Å². The van der Waals surface area contributed by atoms with Crippen LogP contribution in [0.3, 0.4) is 0 Å². The van der Waals surface area contributed by atoms with Crippen LogP contribution in [0.4, 0.5) is 0 Å². The zero-order chi connectivity index (χ0) is 11.4. The van der Waals surface area contributed by atoms with E-state index in [9.17, 15) is 0 Å². The standard InChI is InChI=1S/C15H16S/c1-2-15(16)14-10-8-13(9-11-14)12-6-4-3-5-7-12/h3-11,15-16H,2H2,1H3. The van der Waals surface area contributed by atoms with Gasteiger partial charge in [-0.2, -0.15) is 12.6 Å². The number of benzene rings is 2. The van der Waals surface area contributed by atoms with Gasteiger partial charge in [-0.25, -0.2) is 0 Å². The summed E-state index contributed by atoms with van der Waals surface area (Å²) in [6, 6.07) is 19.1. The van der Waals surface area contributed by atoms with Crippen LogP contribution < -0.4 is 0 Å². The Kier molecular flexibility index (Phi) is 3.68. The molecule has 0 radical (unpaired) electrons. The molecule has 82 valence electrons. The molecule has 2 aromatic rings. The average molecular weight is 228 g/mol. The maximum atomic E-state index is 4.54. The van der Waals surface area contributed by atoms with Gasteiger partial charge in [-0.05, 0) is 23.1 Å². The summed E-state index contributed by atoms with van der Waals surface area (Å²) in [7, 11) is 0. The van der Waals surface area contributed by atoms with Crippen LogP contribution >= 0.6 is 12.6 Å². The Bertz CT molecular complexity index is 431. The lowest BCUT2D eigenvalue weighted by molar-refractivity contribution is 0.903. The van der Waals surface area contributed by atoms with Crippen molar-refractivity contribution in [3.63, 3.8) is 0 Å². The van der Waals surface area contributed by atoms with Crippen LogP contribution in [-0.2, 0) is 0 Å². The summed E-state index contributed by atoms with van der Waals surface area (Å²) in [4.78, 5) is 0. The first kappa shape index (κ1) is 11.3. The fourth-order valence-electron chi connectivity index (χ4n) is 1.76. The summed E-state index contributed by atoms with van der Waals surface area (Å²) in [6.07, 6.45) is 1.06. The number of rotatable bonds is 3. The Hall–Kier alpha value is -1.21. The topological polar surface area (TPSA) is 0 Å². The monoisotopic (exact) mass is 228 g/mol. The molecule has 1 unspecified atom stereocenters. The average Bonchev–Trinajstić information content (AvgIpc) is 2.39. The van der Waals surface area contributed by atoms with E-state index in [-0.39, 0.29) is 0 Å². The molecule has 16 heavy (non-hydrogen) atoms. The minimum absolute atomic E-state index is 0.352. The molecule has 0 spiro atoms. The van der Waals surface area contributed by atoms with E-state index in [1.54, 1.807) is 0 Å². The predicted octanol–water partition coefficient (Wildman–Crippen LogP) is 4.73.